The number of methoxy groups -OCH3 is 1. The van der Waals surface area contributed by atoms with Crippen LogP contribution in [0.3, 0.4) is 0 Å². The molecule has 4 aliphatic heterocycles. The van der Waals surface area contributed by atoms with Crippen LogP contribution in [0.5, 0.6) is 5.75 Å². The van der Waals surface area contributed by atoms with Gasteiger partial charge in [-0.05, 0) is 114 Å². The molecule has 4 aliphatic rings. The van der Waals surface area contributed by atoms with Crippen molar-refractivity contribution < 1.29 is 92.9 Å². The van der Waals surface area contributed by atoms with Crippen molar-refractivity contribution in [1.82, 2.24) is 57.2 Å². The Morgan fingerprint density at radius 2 is 1.22 bits per heavy atom. The molecule has 5 unspecified atom stereocenters. The van der Waals surface area contributed by atoms with Crippen LogP contribution in [0.25, 0.3) is 0 Å². The number of benzene rings is 1. The van der Waals surface area contributed by atoms with Gasteiger partial charge in [-0.2, -0.15) is 0 Å². The van der Waals surface area contributed by atoms with Crippen molar-refractivity contribution in [1.29, 1.82) is 0 Å². The van der Waals surface area contributed by atoms with Crippen molar-refractivity contribution >= 4 is 70.9 Å². The maximum Gasteiger partial charge on any atom is 0.268 e. The second kappa shape index (κ2) is 36.0. The smallest absolute Gasteiger partial charge is 0.268 e. The number of carbonyl (C=O) groups excluding carboxylic acids is 12. The molecule has 5 rings (SSSR count). The topological polar surface area (TPSA) is 467 Å². The Balaban J connectivity index is 1.55. The largest absolute Gasteiger partial charge is 0.497 e. The summed E-state index contributed by atoms with van der Waals surface area (Å²) >= 11 is 0. The number of fused-ring (bicyclic) bond motifs is 3. The third kappa shape index (κ3) is 21.3. The molecule has 518 valence electrons. The van der Waals surface area contributed by atoms with Gasteiger partial charge in [0.2, 0.25) is 59.1 Å². The van der Waals surface area contributed by atoms with E-state index < -0.39 is 206 Å². The minimum atomic E-state index is -2.34. The van der Waals surface area contributed by atoms with Crippen LogP contribution in [-0.4, -0.2) is 241 Å². The van der Waals surface area contributed by atoms with Gasteiger partial charge in [0.1, 0.15) is 59.8 Å². The number of nitrogens with two attached hydrogens (primary N) is 1. The van der Waals surface area contributed by atoms with Crippen LogP contribution < -0.4 is 53.0 Å². The summed E-state index contributed by atoms with van der Waals surface area (Å²) in [6.45, 7) is 7.76. The summed E-state index contributed by atoms with van der Waals surface area (Å²) in [4.78, 5) is 173. The number of ether oxygens (including phenoxy) is 1. The van der Waals surface area contributed by atoms with E-state index >= 15 is 0 Å². The summed E-state index contributed by atoms with van der Waals surface area (Å²) in [5.74, 6) is -11.6. The Bertz CT molecular complexity index is 2840. The molecule has 0 spiro atoms. The third-order valence-corrected chi connectivity index (χ3v) is 17.4. The summed E-state index contributed by atoms with van der Waals surface area (Å²) in [6.07, 6.45) is -7.95. The second-order valence-corrected chi connectivity index (χ2v) is 24.8. The lowest BCUT2D eigenvalue weighted by Gasteiger charge is -2.33. The molecule has 4 heterocycles. The zero-order valence-corrected chi connectivity index (χ0v) is 54.0. The molecule has 31 nitrogen and oxygen atoms in total. The van der Waals surface area contributed by atoms with Crippen LogP contribution in [0, 0.1) is 11.8 Å². The van der Waals surface area contributed by atoms with Gasteiger partial charge in [0.25, 0.3) is 11.8 Å². The first-order chi connectivity index (χ1) is 44.0. The monoisotopic (exact) mass is 1310 g/mol. The van der Waals surface area contributed by atoms with E-state index in [2.05, 4.69) is 42.5 Å². The number of aliphatic hydroxyl groups excluding tert-OH is 6. The van der Waals surface area contributed by atoms with Crippen molar-refractivity contribution in [3.05, 3.63) is 41.6 Å². The van der Waals surface area contributed by atoms with E-state index in [1.807, 2.05) is 0 Å². The highest BCUT2D eigenvalue weighted by Crippen LogP contribution is 2.27. The molecular weight excluding hydrogens is 1220 g/mol. The van der Waals surface area contributed by atoms with Gasteiger partial charge < -0.3 is 98.3 Å². The summed E-state index contributed by atoms with van der Waals surface area (Å²) in [6, 6.07) is -6.79. The number of hydrogen-bond donors (Lipinski definition) is 15. The quantitative estimate of drug-likeness (QED) is 0.0617. The molecule has 1 aromatic carbocycles. The Labute approximate surface area is 540 Å². The van der Waals surface area contributed by atoms with Crippen LogP contribution in [0.15, 0.2) is 36.0 Å². The minimum absolute atomic E-state index is 0.0202. The van der Waals surface area contributed by atoms with Gasteiger partial charge >= 0.3 is 0 Å². The zero-order valence-electron chi connectivity index (χ0n) is 54.0. The Morgan fingerprint density at radius 3 is 1.78 bits per heavy atom. The summed E-state index contributed by atoms with van der Waals surface area (Å²) < 4.78 is 5.28. The fourth-order valence-corrected chi connectivity index (χ4v) is 11.8. The molecule has 15 atom stereocenters. The van der Waals surface area contributed by atoms with E-state index in [-0.39, 0.29) is 70.5 Å². The van der Waals surface area contributed by atoms with E-state index in [4.69, 9.17) is 10.5 Å². The van der Waals surface area contributed by atoms with Gasteiger partial charge in [0, 0.05) is 32.5 Å². The Kier molecular flexibility index (Phi) is 29.4. The number of rotatable bonds is 18. The van der Waals surface area contributed by atoms with E-state index in [9.17, 15) is 88.2 Å². The third-order valence-electron chi connectivity index (χ3n) is 17.4. The highest BCUT2D eigenvalue weighted by Gasteiger charge is 2.45. The Morgan fingerprint density at radius 1 is 0.656 bits per heavy atom. The normalized spacial score (nSPS) is 28.0. The number of nitrogens with zero attached hydrogens (tertiary/aromatic N) is 3. The van der Waals surface area contributed by atoms with Crippen LogP contribution >= 0.6 is 0 Å². The van der Waals surface area contributed by atoms with Gasteiger partial charge in [0.05, 0.1) is 50.7 Å². The summed E-state index contributed by atoms with van der Waals surface area (Å²) in [5, 5.41) is 86.1. The van der Waals surface area contributed by atoms with Crippen LogP contribution in [0.4, 0.5) is 0 Å². The van der Waals surface area contributed by atoms with Gasteiger partial charge in [-0.1, -0.05) is 52.3 Å². The lowest BCUT2D eigenvalue weighted by atomic mass is 9.94. The molecule has 16 N–H and O–H groups in total. The number of carbonyl (C=O) groups is 12. The molecule has 0 saturated carbocycles. The number of hydrogen-bond acceptors (Lipinski definition) is 19. The first-order valence-corrected chi connectivity index (χ1v) is 31.9. The molecule has 12 amide bonds. The predicted octanol–water partition coefficient (Wildman–Crippen LogP) is -4.39. The van der Waals surface area contributed by atoms with Gasteiger partial charge in [0.15, 0.2) is 6.10 Å². The number of aryl methyl sites for hydroxylation is 1. The van der Waals surface area contributed by atoms with Crippen molar-refractivity contribution in [3.8, 4) is 5.75 Å². The van der Waals surface area contributed by atoms with Gasteiger partial charge in [-0.25, -0.2) is 0 Å². The number of aliphatic hydroxyl groups is 6. The summed E-state index contributed by atoms with van der Waals surface area (Å²) in [5.41, 5.74) is 5.61. The lowest BCUT2D eigenvalue weighted by Crippen LogP contribution is -2.61. The molecule has 0 aliphatic carbocycles. The lowest BCUT2D eigenvalue weighted by molar-refractivity contribution is -0.147. The molecule has 0 aromatic heterocycles. The zero-order chi connectivity index (χ0) is 69.0. The predicted molar refractivity (Wildman–Crippen MR) is 331 cm³/mol. The highest BCUT2D eigenvalue weighted by atomic mass is 16.5. The molecule has 0 bridgehead atoms. The SMILES string of the molecule is C/C=C1/NC(=O)[C@H](CO)NC(=O)[C@@H]([C@@H](C)CC)NC(=O)[C@@H]2CCCN2C(=O)[C@@H]2CCCN2C(=O)CNC(=O)[C@@H](CCC(N)=O)NC(=O)C(O)C(CC(O)CC(O)C(O)CC(C)C)NC(=O)[C@@H]2CCCN2C(=O)[C@@H](CCc2ccc(OC)cc2)NC(=O)[C@@H]([C@@H](C)O)NC1=O. The molecule has 4 fully saturated rings. The van der Waals surface area contributed by atoms with Crippen LogP contribution in [0.1, 0.15) is 131 Å². The van der Waals surface area contributed by atoms with E-state index in [1.165, 1.54) is 23.8 Å². The van der Waals surface area contributed by atoms with Gasteiger partial charge in [-0.15, -0.1) is 0 Å². The number of amides is 12. The first kappa shape index (κ1) is 75.9. The minimum Gasteiger partial charge on any atom is -0.497 e. The summed E-state index contributed by atoms with van der Waals surface area (Å²) in [7, 11) is 1.47. The second-order valence-electron chi connectivity index (χ2n) is 24.8. The van der Waals surface area contributed by atoms with Crippen molar-refractivity contribution in [2.45, 2.75) is 216 Å². The number of allylic oxidation sites excluding steroid dienone is 1. The molecular formula is C62H96N12O19. The van der Waals surface area contributed by atoms with Crippen molar-refractivity contribution in [2.75, 3.05) is 39.9 Å². The standard InChI is InChI=1S/C62H96N12O19/c1-8-33(5)50-58(88)69-42(31-75)55(85)65-38(9-2)54(84)71-51(34(6)76)59(89)67-40(21-18-35-16-19-37(93-7)20-17-35)61(91)73-25-10-13-43(73)56(86)68-41(28-36(77)29-47(79)46(78)27-32(3)4)52(82)60(90)66-39(22-23-48(63)80)53(83)64-30-49(81)72-24-12-15-45(72)62(92)74-26-11-14-44(74)57(87)70-50/h9,16-17,19-20,32-34,36,39-47,50-52,75-79,82H,8,10-15,18,21-31H2,1-7H3,(H2,63,80)(H,64,83)(H,65,85)(H,66,90)(H,67,89)(H,68,86)(H,69,88)(H,70,87)(H,71,84)/b38-9+/t33-,34+,36?,39+,40+,41?,42-,43-,44-,45-,46?,47?,50+,51+,52?/m0/s1. The van der Waals surface area contributed by atoms with Crippen LogP contribution in [-0.2, 0) is 64.0 Å². The van der Waals surface area contributed by atoms with E-state index in [1.54, 1.807) is 52.0 Å². The number of nitrogens with one attached hydrogen (secondary N) is 8. The van der Waals surface area contributed by atoms with Crippen molar-refractivity contribution in [2.24, 2.45) is 17.6 Å². The van der Waals surface area contributed by atoms with Crippen LogP contribution in [0.2, 0.25) is 0 Å². The fourth-order valence-electron chi connectivity index (χ4n) is 11.8. The Hall–Kier alpha value is -7.84. The van der Waals surface area contributed by atoms with E-state index in [0.717, 1.165) is 17.9 Å². The molecule has 1 aromatic rings. The molecule has 4 saturated heterocycles. The average Bonchev–Trinajstić information content (AvgIpc) is 1.73. The maximum absolute atomic E-state index is 15.0. The molecule has 31 heteroatoms. The van der Waals surface area contributed by atoms with Gasteiger partial charge in [-0.3, -0.25) is 57.5 Å². The first-order valence-electron chi connectivity index (χ1n) is 31.9. The fraction of sp³-hybridized carbons (Fsp3) is 0.677. The molecule has 0 radical (unpaired) electrons. The maximum atomic E-state index is 15.0. The number of primary amides is 1. The average molecular weight is 1310 g/mol. The highest BCUT2D eigenvalue weighted by molar-refractivity contribution is 6.03. The molecule has 93 heavy (non-hydrogen) atoms. The van der Waals surface area contributed by atoms with E-state index in [0.29, 0.717) is 30.6 Å². The van der Waals surface area contributed by atoms with Crippen molar-refractivity contribution in [3.63, 3.8) is 0 Å².